The molecule has 0 unspecified atom stereocenters. The second-order valence-electron chi connectivity index (χ2n) is 5.25. The van der Waals surface area contributed by atoms with Crippen LogP contribution in [-0.2, 0) is 4.79 Å². The first-order chi connectivity index (χ1) is 9.84. The van der Waals surface area contributed by atoms with Gasteiger partial charge in [-0.05, 0) is 53.4 Å². The van der Waals surface area contributed by atoms with E-state index in [-0.39, 0.29) is 0 Å². The highest BCUT2D eigenvalue weighted by Crippen LogP contribution is 2.31. The van der Waals surface area contributed by atoms with Gasteiger partial charge in [-0.15, -0.1) is 0 Å². The van der Waals surface area contributed by atoms with E-state index in [4.69, 9.17) is 11.6 Å². The molecule has 1 aromatic rings. The van der Waals surface area contributed by atoms with Crippen molar-refractivity contribution >= 4 is 45.2 Å². The zero-order chi connectivity index (χ0) is 15.6. The minimum atomic E-state index is -1.16. The molecule has 2 amide bonds. The van der Waals surface area contributed by atoms with E-state index in [1.54, 1.807) is 12.1 Å². The van der Waals surface area contributed by atoms with E-state index in [0.717, 1.165) is 18.4 Å². The highest BCUT2D eigenvalue weighted by molar-refractivity contribution is 9.10. The molecular formula is C14H16BrClN2O3. The van der Waals surface area contributed by atoms with Crippen molar-refractivity contribution in [2.24, 2.45) is 0 Å². The van der Waals surface area contributed by atoms with Gasteiger partial charge in [0.25, 0.3) is 0 Å². The number of halogens is 2. The molecule has 1 aromatic carbocycles. The first-order valence-electron chi connectivity index (χ1n) is 6.62. The summed E-state index contributed by atoms with van der Waals surface area (Å²) < 4.78 is 0.690. The number of urea groups is 1. The second kappa shape index (κ2) is 6.23. The second-order valence-corrected chi connectivity index (χ2v) is 6.52. The molecule has 114 valence electrons. The number of amides is 2. The maximum absolute atomic E-state index is 12.1. The topological polar surface area (TPSA) is 78.4 Å². The third kappa shape index (κ3) is 3.49. The van der Waals surface area contributed by atoms with Gasteiger partial charge in [-0.3, -0.25) is 0 Å². The molecule has 1 aliphatic rings. The fraction of sp³-hybridized carbons (Fsp3) is 0.429. The van der Waals surface area contributed by atoms with E-state index in [1.807, 2.05) is 6.92 Å². The summed E-state index contributed by atoms with van der Waals surface area (Å²) in [5, 5.41) is 15.1. The Bertz CT molecular complexity index is 586. The third-order valence-corrected chi connectivity index (χ3v) is 4.78. The van der Waals surface area contributed by atoms with Gasteiger partial charge in [0.15, 0.2) is 0 Å². The zero-order valence-corrected chi connectivity index (χ0v) is 13.8. The number of hydrogen-bond donors (Lipinski definition) is 3. The quantitative estimate of drug-likeness (QED) is 0.749. The largest absolute Gasteiger partial charge is 0.480 e. The highest BCUT2D eigenvalue weighted by atomic mass is 79.9. The van der Waals surface area contributed by atoms with Crippen LogP contribution in [0.3, 0.4) is 0 Å². The molecule has 0 saturated heterocycles. The van der Waals surface area contributed by atoms with E-state index in [0.29, 0.717) is 28.0 Å². The molecule has 2 rings (SSSR count). The Morgan fingerprint density at radius 1 is 1.33 bits per heavy atom. The van der Waals surface area contributed by atoms with Crippen LogP contribution in [0.4, 0.5) is 10.5 Å². The lowest BCUT2D eigenvalue weighted by atomic mass is 9.98. The molecule has 3 N–H and O–H groups in total. The first kappa shape index (κ1) is 16.1. The lowest BCUT2D eigenvalue weighted by molar-refractivity contribution is -0.144. The molecule has 1 fully saturated rings. The minimum Gasteiger partial charge on any atom is -0.480 e. The number of nitrogens with one attached hydrogen (secondary N) is 2. The average molecular weight is 376 g/mol. The predicted octanol–water partition coefficient (Wildman–Crippen LogP) is 3.93. The van der Waals surface area contributed by atoms with Gasteiger partial charge in [0, 0.05) is 9.50 Å². The SMILES string of the molecule is Cc1cc(Br)c(NC(=O)NC2(C(=O)O)CCCC2)cc1Cl. The predicted molar refractivity (Wildman–Crippen MR) is 84.9 cm³/mol. The molecule has 0 aromatic heterocycles. The van der Waals surface area contributed by atoms with Crippen molar-refractivity contribution in [3.05, 3.63) is 27.2 Å². The van der Waals surface area contributed by atoms with E-state index in [9.17, 15) is 14.7 Å². The van der Waals surface area contributed by atoms with Crippen LogP contribution in [0.1, 0.15) is 31.2 Å². The van der Waals surface area contributed by atoms with Gasteiger partial charge in [0.05, 0.1) is 5.69 Å². The number of carboxylic acids is 1. The molecule has 0 aliphatic heterocycles. The van der Waals surface area contributed by atoms with Crippen molar-refractivity contribution in [3.63, 3.8) is 0 Å². The number of aryl methyl sites for hydroxylation is 1. The van der Waals surface area contributed by atoms with Crippen molar-refractivity contribution in [3.8, 4) is 0 Å². The molecule has 0 radical (unpaired) electrons. The fourth-order valence-corrected chi connectivity index (χ4v) is 3.20. The number of aliphatic carboxylic acids is 1. The van der Waals surface area contributed by atoms with Gasteiger partial charge in [0.2, 0.25) is 0 Å². The molecular weight excluding hydrogens is 360 g/mol. The molecule has 1 saturated carbocycles. The molecule has 21 heavy (non-hydrogen) atoms. The Hall–Kier alpha value is -1.27. The van der Waals surface area contributed by atoms with Crippen molar-refractivity contribution in [2.75, 3.05) is 5.32 Å². The third-order valence-electron chi connectivity index (χ3n) is 3.72. The van der Waals surface area contributed by atoms with Crippen LogP contribution in [0.5, 0.6) is 0 Å². The summed E-state index contributed by atoms with van der Waals surface area (Å²) in [6.45, 7) is 1.86. The number of anilines is 1. The normalized spacial score (nSPS) is 16.5. The monoisotopic (exact) mass is 374 g/mol. The summed E-state index contributed by atoms with van der Waals surface area (Å²) in [5.41, 5.74) is 0.222. The van der Waals surface area contributed by atoms with Crippen molar-refractivity contribution < 1.29 is 14.7 Å². The molecule has 7 heteroatoms. The number of carbonyl (C=O) groups is 2. The number of rotatable bonds is 3. The van der Waals surface area contributed by atoms with Crippen molar-refractivity contribution in [2.45, 2.75) is 38.1 Å². The standard InChI is InChI=1S/C14H16BrClN2O3/c1-8-6-9(15)11(7-10(8)16)17-13(21)18-14(12(19)20)4-2-3-5-14/h6-7H,2-5H2,1H3,(H,19,20)(H2,17,18,21). The lowest BCUT2D eigenvalue weighted by Crippen LogP contribution is -2.53. The first-order valence-corrected chi connectivity index (χ1v) is 7.79. The van der Waals surface area contributed by atoms with Crippen LogP contribution in [0, 0.1) is 6.92 Å². The summed E-state index contributed by atoms with van der Waals surface area (Å²) in [5.74, 6) is -0.990. The summed E-state index contributed by atoms with van der Waals surface area (Å²) in [4.78, 5) is 23.5. The summed E-state index contributed by atoms with van der Waals surface area (Å²) >= 11 is 9.38. The summed E-state index contributed by atoms with van der Waals surface area (Å²) in [6.07, 6.45) is 2.50. The number of hydrogen-bond acceptors (Lipinski definition) is 2. The number of carbonyl (C=O) groups excluding carboxylic acids is 1. The van der Waals surface area contributed by atoms with Gasteiger partial charge in [-0.25, -0.2) is 9.59 Å². The van der Waals surface area contributed by atoms with Gasteiger partial charge < -0.3 is 15.7 Å². The van der Waals surface area contributed by atoms with E-state index < -0.39 is 17.5 Å². The summed E-state index contributed by atoms with van der Waals surface area (Å²) in [6, 6.07) is 2.88. The minimum absolute atomic E-state index is 0.450. The Kier molecular flexibility index (Phi) is 4.78. The van der Waals surface area contributed by atoms with Crippen molar-refractivity contribution in [1.82, 2.24) is 5.32 Å². The van der Waals surface area contributed by atoms with Crippen LogP contribution in [-0.4, -0.2) is 22.6 Å². The lowest BCUT2D eigenvalue weighted by Gasteiger charge is -2.25. The van der Waals surface area contributed by atoms with Crippen LogP contribution in [0.15, 0.2) is 16.6 Å². The maximum atomic E-state index is 12.1. The highest BCUT2D eigenvalue weighted by Gasteiger charge is 2.42. The van der Waals surface area contributed by atoms with Gasteiger partial charge in [0.1, 0.15) is 5.54 Å². The van der Waals surface area contributed by atoms with Crippen LogP contribution in [0.25, 0.3) is 0 Å². The number of benzene rings is 1. The van der Waals surface area contributed by atoms with Crippen LogP contribution < -0.4 is 10.6 Å². The van der Waals surface area contributed by atoms with E-state index in [2.05, 4.69) is 26.6 Å². The summed E-state index contributed by atoms with van der Waals surface area (Å²) in [7, 11) is 0. The van der Waals surface area contributed by atoms with Crippen LogP contribution in [0.2, 0.25) is 5.02 Å². The van der Waals surface area contributed by atoms with E-state index in [1.165, 1.54) is 0 Å². The van der Waals surface area contributed by atoms with Gasteiger partial charge in [-0.1, -0.05) is 24.4 Å². The molecule has 0 heterocycles. The Balaban J connectivity index is 2.12. The molecule has 0 spiro atoms. The van der Waals surface area contributed by atoms with Gasteiger partial charge >= 0.3 is 12.0 Å². The zero-order valence-electron chi connectivity index (χ0n) is 11.5. The van der Waals surface area contributed by atoms with Crippen LogP contribution >= 0.6 is 27.5 Å². The molecule has 0 atom stereocenters. The molecule has 5 nitrogen and oxygen atoms in total. The fourth-order valence-electron chi connectivity index (χ4n) is 2.48. The molecule has 0 bridgehead atoms. The average Bonchev–Trinajstić information content (AvgIpc) is 2.85. The number of carboxylic acid groups (broad SMARTS) is 1. The van der Waals surface area contributed by atoms with Crippen molar-refractivity contribution in [1.29, 1.82) is 0 Å². The smallest absolute Gasteiger partial charge is 0.329 e. The molecule has 1 aliphatic carbocycles. The maximum Gasteiger partial charge on any atom is 0.329 e. The van der Waals surface area contributed by atoms with E-state index >= 15 is 0 Å². The van der Waals surface area contributed by atoms with Gasteiger partial charge in [-0.2, -0.15) is 0 Å². The Labute approximate surface area is 136 Å². The Morgan fingerprint density at radius 2 is 1.95 bits per heavy atom. The Morgan fingerprint density at radius 3 is 2.52 bits per heavy atom.